The average molecular weight is 731 g/mol. The topological polar surface area (TPSA) is 142 Å². The van der Waals surface area contributed by atoms with E-state index in [0.29, 0.717) is 53.8 Å². The summed E-state index contributed by atoms with van der Waals surface area (Å²) in [6.45, 7) is 5.51. The van der Waals surface area contributed by atoms with Crippen molar-refractivity contribution in [3.63, 3.8) is 0 Å². The molecular formula is C38H40F2N14. The van der Waals surface area contributed by atoms with Crippen molar-refractivity contribution < 1.29 is 8.78 Å². The van der Waals surface area contributed by atoms with Crippen molar-refractivity contribution in [2.75, 3.05) is 60.9 Å². The molecule has 54 heavy (non-hydrogen) atoms. The number of nitrogens with zero attached hydrogens (tertiary/aromatic N) is 14. The lowest BCUT2D eigenvalue weighted by atomic mass is 9.99. The minimum absolute atomic E-state index is 0.0104. The molecule has 276 valence electrons. The van der Waals surface area contributed by atoms with Crippen molar-refractivity contribution in [1.82, 2.24) is 49.8 Å². The number of hydrogen-bond acceptors (Lipinski definition) is 14. The van der Waals surface area contributed by atoms with Crippen LogP contribution in [0.5, 0.6) is 0 Å². The Hall–Kier alpha value is -6.32. The molecule has 2 atom stereocenters. The number of halogens is 2. The van der Waals surface area contributed by atoms with Crippen LogP contribution in [-0.2, 0) is 12.8 Å². The monoisotopic (exact) mass is 730 g/mol. The van der Waals surface area contributed by atoms with Crippen molar-refractivity contribution in [2.24, 2.45) is 0 Å². The van der Waals surface area contributed by atoms with E-state index >= 15 is 0 Å². The normalized spacial score (nSPS) is 16.1. The Kier molecular flexibility index (Phi) is 10.2. The summed E-state index contributed by atoms with van der Waals surface area (Å²) in [6.07, 6.45) is 11.8. The highest BCUT2D eigenvalue weighted by molar-refractivity contribution is 5.57. The van der Waals surface area contributed by atoms with Gasteiger partial charge >= 0.3 is 0 Å². The van der Waals surface area contributed by atoms with Crippen molar-refractivity contribution in [1.29, 1.82) is 0 Å². The summed E-state index contributed by atoms with van der Waals surface area (Å²) in [4.78, 5) is 51.6. The molecule has 0 saturated heterocycles. The van der Waals surface area contributed by atoms with E-state index in [1.54, 1.807) is 41.8 Å². The largest absolute Gasteiger partial charge is 0.377 e. The van der Waals surface area contributed by atoms with Gasteiger partial charge in [-0.3, -0.25) is 0 Å². The molecule has 6 aromatic rings. The first-order valence-corrected chi connectivity index (χ1v) is 17.5. The second-order valence-corrected chi connectivity index (χ2v) is 13.4. The van der Waals surface area contributed by atoms with E-state index in [1.165, 1.54) is 18.2 Å². The molecule has 8 heterocycles. The first-order chi connectivity index (χ1) is 26.0. The summed E-state index contributed by atoms with van der Waals surface area (Å²) < 4.78 is 28.1. The minimum Gasteiger partial charge on any atom is -0.377 e. The minimum atomic E-state index is -0.484. The van der Waals surface area contributed by atoms with E-state index in [-0.39, 0.29) is 17.9 Å². The number of pyridine rings is 2. The first-order valence-electron chi connectivity index (χ1n) is 17.5. The molecule has 14 nitrogen and oxygen atoms in total. The summed E-state index contributed by atoms with van der Waals surface area (Å²) in [5.74, 6) is 3.12. The second-order valence-electron chi connectivity index (χ2n) is 13.4. The Morgan fingerprint density at radius 1 is 0.574 bits per heavy atom. The van der Waals surface area contributed by atoms with Gasteiger partial charge in [0.1, 0.15) is 23.3 Å². The van der Waals surface area contributed by atoms with Gasteiger partial charge in [-0.2, -0.15) is 4.39 Å². The number of rotatable bonds is 6. The van der Waals surface area contributed by atoms with Crippen molar-refractivity contribution in [3.8, 4) is 23.3 Å². The predicted octanol–water partition coefficient (Wildman–Crippen LogP) is 5.31. The fourth-order valence-electron chi connectivity index (χ4n) is 6.52. The zero-order chi connectivity index (χ0) is 37.9. The summed E-state index contributed by atoms with van der Waals surface area (Å²) in [7, 11) is 7.46. The molecule has 0 N–H and O–H groups in total. The molecule has 8 rings (SSSR count). The highest BCUT2D eigenvalue weighted by atomic mass is 19.1. The standard InChI is InChI=1S/2C19H20FN7/c1-12-14-11-23-19(18-21-6-4-7-22-18)24-15(14)5-8-27(12)17-10-13(26(2)3)9-16(20)25-17;1-12-14-11-23-19(18-21-6-4-7-22-18)24-15(14)5-8-27(12)17-10-13(20)9-16(25-17)26(2)3/h2*4,6-7,9-12H,5,8H2,1-3H3. The average Bonchev–Trinajstić information content (AvgIpc) is 3.18. The Labute approximate surface area is 312 Å². The summed E-state index contributed by atoms with van der Waals surface area (Å²) in [6, 6.07) is 9.74. The van der Waals surface area contributed by atoms with Crippen LogP contribution in [0.1, 0.15) is 48.4 Å². The smallest absolute Gasteiger partial charge is 0.216 e. The van der Waals surface area contributed by atoms with Crippen LogP contribution in [0, 0.1) is 11.8 Å². The third kappa shape index (κ3) is 7.58. The maximum atomic E-state index is 14.1. The molecule has 0 spiro atoms. The molecule has 0 aliphatic carbocycles. The second kappa shape index (κ2) is 15.3. The fraction of sp³-hybridized carbons (Fsp3) is 0.316. The summed E-state index contributed by atoms with van der Waals surface area (Å²) in [5.41, 5.74) is 4.75. The SMILES string of the molecule is CC1c2cnc(-c3ncccn3)nc2CCN1c1cc(F)cc(N(C)C)n1.CC1c2cnc(-c3ncccn3)nc2CCN1c1cc(N(C)C)cc(F)n1. The Morgan fingerprint density at radius 2 is 1.07 bits per heavy atom. The van der Waals surface area contributed by atoms with E-state index in [2.05, 4.69) is 73.5 Å². The molecule has 0 radical (unpaired) electrons. The number of fused-ring (bicyclic) bond motifs is 2. The maximum absolute atomic E-state index is 14.1. The van der Waals surface area contributed by atoms with E-state index in [0.717, 1.165) is 41.0 Å². The first kappa shape index (κ1) is 36.1. The van der Waals surface area contributed by atoms with Crippen LogP contribution in [0.4, 0.5) is 31.9 Å². The zero-order valence-electron chi connectivity index (χ0n) is 30.9. The molecule has 2 aliphatic heterocycles. The molecule has 0 fully saturated rings. The third-order valence-corrected chi connectivity index (χ3v) is 9.44. The predicted molar refractivity (Wildman–Crippen MR) is 202 cm³/mol. The highest BCUT2D eigenvalue weighted by Gasteiger charge is 2.29. The summed E-state index contributed by atoms with van der Waals surface area (Å²) >= 11 is 0. The van der Waals surface area contributed by atoms with Crippen molar-refractivity contribution in [2.45, 2.75) is 38.8 Å². The number of anilines is 4. The molecular weight excluding hydrogens is 691 g/mol. The van der Waals surface area contributed by atoms with Gasteiger partial charge in [-0.15, -0.1) is 0 Å². The van der Waals surface area contributed by atoms with E-state index in [1.807, 2.05) is 51.6 Å². The third-order valence-electron chi connectivity index (χ3n) is 9.44. The molecule has 6 aromatic heterocycles. The van der Waals surface area contributed by atoms with Gasteiger partial charge in [-0.1, -0.05) is 0 Å². The molecule has 16 heteroatoms. The molecule has 2 aliphatic rings. The van der Waals surface area contributed by atoms with Gasteiger partial charge in [0.05, 0.1) is 23.5 Å². The fourth-order valence-corrected chi connectivity index (χ4v) is 6.52. The molecule has 2 unspecified atom stereocenters. The van der Waals surface area contributed by atoms with Crippen molar-refractivity contribution in [3.05, 3.63) is 108 Å². The molecule has 0 saturated carbocycles. The lowest BCUT2D eigenvalue weighted by molar-refractivity contribution is 0.562. The lowest BCUT2D eigenvalue weighted by Crippen LogP contribution is -2.35. The van der Waals surface area contributed by atoms with Crippen LogP contribution in [0.3, 0.4) is 0 Å². The van der Waals surface area contributed by atoms with Crippen LogP contribution < -0.4 is 19.6 Å². The highest BCUT2D eigenvalue weighted by Crippen LogP contribution is 2.35. The number of hydrogen-bond donors (Lipinski definition) is 0. The van der Waals surface area contributed by atoms with E-state index in [4.69, 9.17) is 0 Å². The van der Waals surface area contributed by atoms with Crippen LogP contribution in [-0.4, -0.2) is 91.1 Å². The van der Waals surface area contributed by atoms with Gasteiger partial charge in [-0.05, 0) is 26.0 Å². The quantitative estimate of drug-likeness (QED) is 0.204. The van der Waals surface area contributed by atoms with Gasteiger partial charge < -0.3 is 19.6 Å². The summed E-state index contributed by atoms with van der Waals surface area (Å²) in [5, 5.41) is 0. The Balaban J connectivity index is 0.000000167. The molecule has 0 bridgehead atoms. The lowest BCUT2D eigenvalue weighted by Gasteiger charge is -2.35. The van der Waals surface area contributed by atoms with Gasteiger partial charge in [-0.25, -0.2) is 54.2 Å². The van der Waals surface area contributed by atoms with Crippen LogP contribution in [0.15, 0.2) is 73.6 Å². The van der Waals surface area contributed by atoms with Crippen LogP contribution >= 0.6 is 0 Å². The van der Waals surface area contributed by atoms with Crippen molar-refractivity contribution >= 4 is 23.1 Å². The van der Waals surface area contributed by atoms with E-state index < -0.39 is 5.95 Å². The maximum Gasteiger partial charge on any atom is 0.216 e. The van der Waals surface area contributed by atoms with Gasteiger partial charge in [0.2, 0.25) is 5.95 Å². The van der Waals surface area contributed by atoms with Gasteiger partial charge in [0.25, 0.3) is 0 Å². The Bertz CT molecular complexity index is 2080. The van der Waals surface area contributed by atoms with Gasteiger partial charge in [0.15, 0.2) is 23.3 Å². The zero-order valence-corrected chi connectivity index (χ0v) is 30.9. The molecule has 0 amide bonds. The van der Waals surface area contributed by atoms with Crippen LogP contribution in [0.25, 0.3) is 23.3 Å². The number of aromatic nitrogens is 10. The Morgan fingerprint density at radius 3 is 1.56 bits per heavy atom. The van der Waals surface area contributed by atoms with Gasteiger partial charge in [0, 0.05) is 132 Å². The molecule has 0 aromatic carbocycles. The van der Waals surface area contributed by atoms with E-state index in [9.17, 15) is 8.78 Å². The van der Waals surface area contributed by atoms with Crippen LogP contribution in [0.2, 0.25) is 0 Å².